The molecule has 0 fully saturated rings. The van der Waals surface area contributed by atoms with Crippen LogP contribution in [0.15, 0.2) is 41.2 Å². The molecule has 1 heterocycles. The zero-order valence-electron chi connectivity index (χ0n) is 9.85. The van der Waals surface area contributed by atoms with Crippen LogP contribution in [-0.2, 0) is 6.54 Å². The van der Waals surface area contributed by atoms with E-state index < -0.39 is 5.82 Å². The van der Waals surface area contributed by atoms with Crippen LogP contribution in [0.4, 0.5) is 4.39 Å². The maximum atomic E-state index is 13.7. The molecule has 90 valence electrons. The van der Waals surface area contributed by atoms with Gasteiger partial charge in [0.1, 0.15) is 5.82 Å². The topological polar surface area (TPSA) is 45.8 Å². The fourth-order valence-electron chi connectivity index (χ4n) is 1.74. The van der Waals surface area contributed by atoms with Gasteiger partial charge in [-0.05, 0) is 25.1 Å². The minimum Gasteiger partial charge on any atom is -0.308 e. The molecule has 2 aromatic rings. The molecule has 0 saturated carbocycles. The number of aryl methyl sites for hydroxylation is 1. The molecule has 0 N–H and O–H groups in total. The molecule has 2 rings (SSSR count). The molecule has 1 aromatic carbocycles. The number of halogens is 1. The van der Waals surface area contributed by atoms with E-state index in [0.29, 0.717) is 5.56 Å². The molecule has 0 unspecified atom stereocenters. The average Bonchev–Trinajstić information content (AvgIpc) is 2.35. The molecule has 0 bridgehead atoms. The molecule has 0 saturated heterocycles. The molecular formula is C14H11FN2O. The van der Waals surface area contributed by atoms with E-state index in [2.05, 4.69) is 0 Å². The van der Waals surface area contributed by atoms with Crippen molar-refractivity contribution in [2.75, 3.05) is 0 Å². The SMILES string of the molecule is Cc1cccc(=O)n1Cc1ccc(C#N)cc1F. The third-order valence-electron chi connectivity index (χ3n) is 2.78. The summed E-state index contributed by atoms with van der Waals surface area (Å²) in [7, 11) is 0. The maximum absolute atomic E-state index is 13.7. The van der Waals surface area contributed by atoms with Gasteiger partial charge in [-0.15, -0.1) is 0 Å². The number of aromatic nitrogens is 1. The van der Waals surface area contributed by atoms with E-state index in [4.69, 9.17) is 5.26 Å². The smallest absolute Gasteiger partial charge is 0.251 e. The number of hydrogen-bond acceptors (Lipinski definition) is 2. The van der Waals surface area contributed by atoms with Crippen LogP contribution in [0.1, 0.15) is 16.8 Å². The lowest BCUT2D eigenvalue weighted by atomic mass is 10.1. The molecule has 0 aliphatic rings. The van der Waals surface area contributed by atoms with Crippen LogP contribution in [0.3, 0.4) is 0 Å². The molecule has 0 amide bonds. The molecule has 0 spiro atoms. The first-order valence-corrected chi connectivity index (χ1v) is 5.47. The third kappa shape index (κ3) is 2.30. The summed E-state index contributed by atoms with van der Waals surface area (Å²) in [6, 6.07) is 11.0. The van der Waals surface area contributed by atoms with Gasteiger partial charge in [0.05, 0.1) is 18.2 Å². The van der Waals surface area contributed by atoms with Crippen LogP contribution in [0, 0.1) is 24.1 Å². The van der Waals surface area contributed by atoms with Crippen LogP contribution in [0.5, 0.6) is 0 Å². The molecule has 3 nitrogen and oxygen atoms in total. The molecule has 0 aliphatic carbocycles. The Morgan fingerprint density at radius 3 is 2.72 bits per heavy atom. The number of nitriles is 1. The van der Waals surface area contributed by atoms with Gasteiger partial charge >= 0.3 is 0 Å². The first-order chi connectivity index (χ1) is 8.61. The number of benzene rings is 1. The lowest BCUT2D eigenvalue weighted by molar-refractivity contribution is 0.593. The fraction of sp³-hybridized carbons (Fsp3) is 0.143. The van der Waals surface area contributed by atoms with Gasteiger partial charge in [0, 0.05) is 17.3 Å². The molecule has 1 aromatic heterocycles. The fourth-order valence-corrected chi connectivity index (χ4v) is 1.74. The van der Waals surface area contributed by atoms with E-state index in [1.165, 1.54) is 22.8 Å². The lowest BCUT2D eigenvalue weighted by Gasteiger charge is -2.10. The zero-order chi connectivity index (χ0) is 13.1. The van der Waals surface area contributed by atoms with Crippen molar-refractivity contribution >= 4 is 0 Å². The van der Waals surface area contributed by atoms with Gasteiger partial charge in [0.25, 0.3) is 5.56 Å². The zero-order valence-corrected chi connectivity index (χ0v) is 9.85. The number of rotatable bonds is 2. The van der Waals surface area contributed by atoms with E-state index in [9.17, 15) is 9.18 Å². The Kier molecular flexibility index (Phi) is 3.24. The minimum absolute atomic E-state index is 0.168. The van der Waals surface area contributed by atoms with Gasteiger partial charge in [0.15, 0.2) is 0 Å². The highest BCUT2D eigenvalue weighted by Crippen LogP contribution is 2.11. The predicted octanol–water partition coefficient (Wildman–Crippen LogP) is 2.22. The summed E-state index contributed by atoms with van der Waals surface area (Å²) in [5, 5.41) is 8.66. The summed E-state index contributed by atoms with van der Waals surface area (Å²) in [5.41, 5.74) is 1.27. The average molecular weight is 242 g/mol. The van der Waals surface area contributed by atoms with Crippen molar-refractivity contribution in [3.63, 3.8) is 0 Å². The highest BCUT2D eigenvalue weighted by atomic mass is 19.1. The first kappa shape index (κ1) is 12.1. The predicted molar refractivity (Wildman–Crippen MR) is 65.7 cm³/mol. The molecular weight excluding hydrogens is 231 g/mol. The van der Waals surface area contributed by atoms with Crippen molar-refractivity contribution in [1.29, 1.82) is 5.26 Å². The van der Waals surface area contributed by atoms with Crippen LogP contribution >= 0.6 is 0 Å². The van der Waals surface area contributed by atoms with Crippen molar-refractivity contribution in [1.82, 2.24) is 4.57 Å². The Balaban J connectivity index is 2.41. The summed E-state index contributed by atoms with van der Waals surface area (Å²) < 4.78 is 15.2. The second-order valence-electron chi connectivity index (χ2n) is 4.01. The summed E-state index contributed by atoms with van der Waals surface area (Å²) >= 11 is 0. The second-order valence-corrected chi connectivity index (χ2v) is 4.01. The van der Waals surface area contributed by atoms with Crippen LogP contribution in [0.25, 0.3) is 0 Å². The van der Waals surface area contributed by atoms with Gasteiger partial charge in [0.2, 0.25) is 0 Å². The summed E-state index contributed by atoms with van der Waals surface area (Å²) in [6.07, 6.45) is 0. The lowest BCUT2D eigenvalue weighted by Crippen LogP contribution is -2.21. The number of pyridine rings is 1. The third-order valence-corrected chi connectivity index (χ3v) is 2.78. The van der Waals surface area contributed by atoms with Crippen molar-refractivity contribution < 1.29 is 4.39 Å². The Morgan fingerprint density at radius 1 is 1.33 bits per heavy atom. The van der Waals surface area contributed by atoms with Crippen molar-refractivity contribution in [2.24, 2.45) is 0 Å². The number of nitrogens with zero attached hydrogens (tertiary/aromatic N) is 2. The molecule has 0 radical (unpaired) electrons. The molecule has 0 atom stereocenters. The largest absolute Gasteiger partial charge is 0.308 e. The Labute approximate surface area is 104 Å². The normalized spacial score (nSPS) is 10.1. The van der Waals surface area contributed by atoms with Crippen LogP contribution in [-0.4, -0.2) is 4.57 Å². The standard InChI is InChI=1S/C14H11FN2O/c1-10-3-2-4-14(18)17(10)9-12-6-5-11(8-16)7-13(12)15/h2-7H,9H2,1H3. The Morgan fingerprint density at radius 2 is 2.11 bits per heavy atom. The Hall–Kier alpha value is -2.41. The quantitative estimate of drug-likeness (QED) is 0.810. The monoisotopic (exact) mass is 242 g/mol. The number of hydrogen-bond donors (Lipinski definition) is 0. The van der Waals surface area contributed by atoms with Gasteiger partial charge < -0.3 is 4.57 Å². The Bertz CT molecular complexity index is 683. The van der Waals surface area contributed by atoms with Gasteiger partial charge in [-0.2, -0.15) is 5.26 Å². The molecule has 18 heavy (non-hydrogen) atoms. The van der Waals surface area contributed by atoms with Gasteiger partial charge in [-0.3, -0.25) is 4.79 Å². The van der Waals surface area contributed by atoms with Crippen molar-refractivity contribution in [2.45, 2.75) is 13.5 Å². The van der Waals surface area contributed by atoms with Gasteiger partial charge in [-0.25, -0.2) is 4.39 Å². The van der Waals surface area contributed by atoms with E-state index in [1.54, 1.807) is 25.1 Å². The summed E-state index contributed by atoms with van der Waals surface area (Å²) in [5.74, 6) is -0.468. The van der Waals surface area contributed by atoms with Crippen LogP contribution in [0.2, 0.25) is 0 Å². The highest BCUT2D eigenvalue weighted by molar-refractivity contribution is 5.33. The van der Waals surface area contributed by atoms with E-state index in [-0.39, 0.29) is 17.7 Å². The molecule has 0 aliphatic heterocycles. The van der Waals surface area contributed by atoms with Crippen molar-refractivity contribution in [3.8, 4) is 6.07 Å². The maximum Gasteiger partial charge on any atom is 0.251 e. The second kappa shape index (κ2) is 4.84. The molecule has 4 heteroatoms. The van der Waals surface area contributed by atoms with Gasteiger partial charge in [-0.1, -0.05) is 12.1 Å². The van der Waals surface area contributed by atoms with E-state index >= 15 is 0 Å². The minimum atomic E-state index is -0.468. The summed E-state index contributed by atoms with van der Waals surface area (Å²) in [6.45, 7) is 1.96. The van der Waals surface area contributed by atoms with Crippen LogP contribution < -0.4 is 5.56 Å². The highest BCUT2D eigenvalue weighted by Gasteiger charge is 2.06. The van der Waals surface area contributed by atoms with E-state index in [0.717, 1.165) is 5.69 Å². The summed E-state index contributed by atoms with van der Waals surface area (Å²) in [4.78, 5) is 11.7. The first-order valence-electron chi connectivity index (χ1n) is 5.47. The van der Waals surface area contributed by atoms with E-state index in [1.807, 2.05) is 6.07 Å². The van der Waals surface area contributed by atoms with Crippen molar-refractivity contribution in [3.05, 3.63) is 69.4 Å².